The van der Waals surface area contributed by atoms with E-state index in [1.165, 1.54) is 39.9 Å². The number of hydrogen-bond donors (Lipinski definition) is 1. The van der Waals surface area contributed by atoms with Crippen LogP contribution in [0.2, 0.25) is 0 Å². The van der Waals surface area contributed by atoms with Gasteiger partial charge in [-0.25, -0.2) is 13.4 Å². The van der Waals surface area contributed by atoms with Gasteiger partial charge in [-0.05, 0) is 60.9 Å². The third-order valence-corrected chi connectivity index (χ3v) is 9.06. The summed E-state index contributed by atoms with van der Waals surface area (Å²) < 4.78 is 39.5. The quantitative estimate of drug-likeness (QED) is 0.283. The molecule has 10 heteroatoms. The Bertz CT molecular complexity index is 1760. The number of rotatable bonds is 6. The van der Waals surface area contributed by atoms with Crippen LogP contribution in [0.3, 0.4) is 0 Å². The van der Waals surface area contributed by atoms with Crippen LogP contribution in [0, 0.1) is 0 Å². The molecule has 192 valence electrons. The fourth-order valence-corrected chi connectivity index (χ4v) is 6.83. The van der Waals surface area contributed by atoms with Crippen molar-refractivity contribution in [3.05, 3.63) is 89.3 Å². The van der Waals surface area contributed by atoms with Gasteiger partial charge in [0.05, 0.1) is 17.7 Å². The molecule has 0 atom stereocenters. The molecular formula is C28H23N3O5S2. The van der Waals surface area contributed by atoms with E-state index in [2.05, 4.69) is 10.3 Å². The average molecular weight is 546 g/mol. The van der Waals surface area contributed by atoms with E-state index in [0.717, 1.165) is 23.8 Å². The summed E-state index contributed by atoms with van der Waals surface area (Å²) in [7, 11) is -2.16. The summed E-state index contributed by atoms with van der Waals surface area (Å²) in [4.78, 5) is 17.5. The van der Waals surface area contributed by atoms with Crippen molar-refractivity contribution in [3.63, 3.8) is 0 Å². The number of nitrogens with zero attached hydrogens (tertiary/aromatic N) is 2. The highest BCUT2D eigenvalue weighted by Crippen LogP contribution is 2.35. The third kappa shape index (κ3) is 4.31. The number of nitrogens with one attached hydrogen (secondary N) is 1. The highest BCUT2D eigenvalue weighted by molar-refractivity contribution is 7.92. The van der Waals surface area contributed by atoms with E-state index < -0.39 is 10.0 Å². The van der Waals surface area contributed by atoms with Crippen molar-refractivity contribution < 1.29 is 22.4 Å². The lowest BCUT2D eigenvalue weighted by Gasteiger charge is -2.30. The molecule has 0 saturated heterocycles. The molecule has 0 saturated carbocycles. The minimum Gasteiger partial charge on any atom is -0.493 e. The molecule has 0 aliphatic carbocycles. The number of benzene rings is 3. The monoisotopic (exact) mass is 545 g/mol. The van der Waals surface area contributed by atoms with Crippen LogP contribution in [0.5, 0.6) is 5.75 Å². The SMILES string of the molecule is COc1cccc2cc(-c3csc(NC(=O)c4ccc(S(=O)(=O)N5CCCc6ccccc65)cc4)n3)oc12. The van der Waals surface area contributed by atoms with E-state index in [1.54, 1.807) is 12.5 Å². The number of furan rings is 1. The van der Waals surface area contributed by atoms with E-state index in [4.69, 9.17) is 9.15 Å². The molecular weight excluding hydrogens is 522 g/mol. The molecule has 3 heterocycles. The number of para-hydroxylation sites is 2. The molecule has 0 spiro atoms. The van der Waals surface area contributed by atoms with Gasteiger partial charge in [-0.2, -0.15) is 0 Å². The van der Waals surface area contributed by atoms with Crippen molar-refractivity contribution in [1.29, 1.82) is 0 Å². The van der Waals surface area contributed by atoms with Crippen LogP contribution in [-0.4, -0.2) is 33.0 Å². The van der Waals surface area contributed by atoms with Gasteiger partial charge < -0.3 is 9.15 Å². The van der Waals surface area contributed by atoms with Crippen molar-refractivity contribution in [1.82, 2.24) is 4.98 Å². The molecule has 0 radical (unpaired) electrons. The predicted molar refractivity (Wildman–Crippen MR) is 148 cm³/mol. The van der Waals surface area contributed by atoms with Gasteiger partial charge in [-0.3, -0.25) is 14.4 Å². The van der Waals surface area contributed by atoms with Crippen molar-refractivity contribution >= 4 is 49.1 Å². The van der Waals surface area contributed by atoms with Crippen molar-refractivity contribution in [2.45, 2.75) is 17.7 Å². The summed E-state index contributed by atoms with van der Waals surface area (Å²) in [5.74, 6) is 0.812. The number of aryl methyl sites for hydroxylation is 1. The van der Waals surface area contributed by atoms with E-state index in [9.17, 15) is 13.2 Å². The van der Waals surface area contributed by atoms with Crippen LogP contribution in [0.15, 0.2) is 87.5 Å². The molecule has 0 bridgehead atoms. The minimum atomic E-state index is -3.75. The summed E-state index contributed by atoms with van der Waals surface area (Å²) in [6, 6.07) is 21.0. The second-order valence-electron chi connectivity index (χ2n) is 8.82. The number of carbonyl (C=O) groups is 1. The minimum absolute atomic E-state index is 0.141. The van der Waals surface area contributed by atoms with Gasteiger partial charge in [0.1, 0.15) is 5.69 Å². The van der Waals surface area contributed by atoms with Crippen LogP contribution in [0.1, 0.15) is 22.3 Å². The molecule has 38 heavy (non-hydrogen) atoms. The fourth-order valence-electron chi connectivity index (χ4n) is 4.59. The largest absolute Gasteiger partial charge is 0.493 e. The number of fused-ring (bicyclic) bond motifs is 2. The Morgan fingerprint density at radius 1 is 1.08 bits per heavy atom. The number of hydrogen-bond acceptors (Lipinski definition) is 7. The van der Waals surface area contributed by atoms with Gasteiger partial charge in [-0.1, -0.05) is 30.3 Å². The zero-order valence-corrected chi connectivity index (χ0v) is 22.0. The topological polar surface area (TPSA) is 102 Å². The first-order chi connectivity index (χ1) is 18.4. The summed E-state index contributed by atoms with van der Waals surface area (Å²) in [6.45, 7) is 0.423. The number of amides is 1. The van der Waals surface area contributed by atoms with Gasteiger partial charge in [0.2, 0.25) is 0 Å². The zero-order chi connectivity index (χ0) is 26.3. The second kappa shape index (κ2) is 9.62. The van der Waals surface area contributed by atoms with Gasteiger partial charge in [0, 0.05) is 22.9 Å². The molecule has 8 nitrogen and oxygen atoms in total. The Hall–Kier alpha value is -4.15. The van der Waals surface area contributed by atoms with E-state index in [-0.39, 0.29) is 10.8 Å². The number of thiazole rings is 1. The van der Waals surface area contributed by atoms with Crippen molar-refractivity contribution in [3.8, 4) is 17.2 Å². The molecule has 1 aliphatic heterocycles. The first-order valence-electron chi connectivity index (χ1n) is 12.0. The standard InChI is InChI=1S/C28H23N3O5S2/c1-35-24-10-4-7-20-16-25(36-26(20)24)22-17-37-28(29-22)30-27(32)19-11-13-21(14-12-19)38(33,34)31-15-5-8-18-6-2-3-9-23(18)31/h2-4,6-7,9-14,16-17H,5,8,15H2,1H3,(H,29,30,32). The Balaban J connectivity index is 1.18. The van der Waals surface area contributed by atoms with Crippen LogP contribution < -0.4 is 14.4 Å². The maximum Gasteiger partial charge on any atom is 0.264 e. The Kier molecular flexibility index (Phi) is 6.13. The Morgan fingerprint density at radius 3 is 2.71 bits per heavy atom. The molecule has 3 aromatic carbocycles. The van der Waals surface area contributed by atoms with Gasteiger partial charge in [0.25, 0.3) is 15.9 Å². The fraction of sp³-hybridized carbons (Fsp3) is 0.143. The lowest BCUT2D eigenvalue weighted by Crippen LogP contribution is -2.35. The van der Waals surface area contributed by atoms with Crippen LogP contribution in [-0.2, 0) is 16.4 Å². The molecule has 0 unspecified atom stereocenters. The third-order valence-electron chi connectivity index (χ3n) is 6.48. The van der Waals surface area contributed by atoms with Crippen LogP contribution >= 0.6 is 11.3 Å². The highest BCUT2D eigenvalue weighted by atomic mass is 32.2. The Morgan fingerprint density at radius 2 is 1.89 bits per heavy atom. The number of carbonyl (C=O) groups excluding carboxylic acids is 1. The molecule has 5 aromatic rings. The van der Waals surface area contributed by atoms with Crippen LogP contribution in [0.25, 0.3) is 22.4 Å². The molecule has 6 rings (SSSR count). The first kappa shape index (κ1) is 24.2. The first-order valence-corrected chi connectivity index (χ1v) is 14.3. The number of ether oxygens (including phenoxy) is 1. The number of anilines is 2. The van der Waals surface area contributed by atoms with E-state index >= 15 is 0 Å². The predicted octanol–water partition coefficient (Wildman–Crippen LogP) is 5.96. The molecule has 0 fully saturated rings. The van der Waals surface area contributed by atoms with Crippen LogP contribution in [0.4, 0.5) is 10.8 Å². The molecule has 1 N–H and O–H groups in total. The summed E-state index contributed by atoms with van der Waals surface area (Å²) in [6.07, 6.45) is 1.61. The van der Waals surface area contributed by atoms with Gasteiger partial charge >= 0.3 is 0 Å². The normalized spacial score (nSPS) is 13.3. The zero-order valence-electron chi connectivity index (χ0n) is 20.4. The molecule has 2 aromatic heterocycles. The maximum atomic E-state index is 13.4. The number of methoxy groups -OCH3 is 1. The summed E-state index contributed by atoms with van der Waals surface area (Å²) >= 11 is 1.27. The summed E-state index contributed by atoms with van der Waals surface area (Å²) in [5, 5.41) is 5.87. The average Bonchev–Trinajstić information content (AvgIpc) is 3.60. The van der Waals surface area contributed by atoms with Gasteiger partial charge in [0.15, 0.2) is 22.2 Å². The number of sulfonamides is 1. The van der Waals surface area contributed by atoms with Crippen molar-refractivity contribution in [2.75, 3.05) is 23.3 Å². The summed E-state index contributed by atoms with van der Waals surface area (Å²) in [5.41, 5.74) is 3.28. The van der Waals surface area contributed by atoms with Gasteiger partial charge in [-0.15, -0.1) is 11.3 Å². The Labute approximate surface area is 223 Å². The van der Waals surface area contributed by atoms with Crippen molar-refractivity contribution in [2.24, 2.45) is 0 Å². The maximum absolute atomic E-state index is 13.4. The number of aromatic nitrogens is 1. The molecule has 1 aliphatic rings. The van der Waals surface area contributed by atoms with E-state index in [0.29, 0.717) is 45.7 Å². The lowest BCUT2D eigenvalue weighted by atomic mass is 10.0. The second-order valence-corrected chi connectivity index (χ2v) is 11.5. The smallest absolute Gasteiger partial charge is 0.264 e. The molecule has 1 amide bonds. The highest BCUT2D eigenvalue weighted by Gasteiger charge is 2.29. The van der Waals surface area contributed by atoms with E-state index in [1.807, 2.05) is 48.5 Å². The lowest BCUT2D eigenvalue weighted by molar-refractivity contribution is 0.102.